The first-order valence-corrected chi connectivity index (χ1v) is 8.48. The van der Waals surface area contributed by atoms with E-state index in [1.54, 1.807) is 0 Å². The van der Waals surface area contributed by atoms with Gasteiger partial charge in [0.1, 0.15) is 16.4 Å². The summed E-state index contributed by atoms with van der Waals surface area (Å²) in [6, 6.07) is 7.20. The van der Waals surface area contributed by atoms with Crippen molar-refractivity contribution >= 4 is 34.1 Å². The van der Waals surface area contributed by atoms with Crippen molar-refractivity contribution in [3.05, 3.63) is 63.2 Å². The van der Waals surface area contributed by atoms with Gasteiger partial charge < -0.3 is 4.74 Å². The quantitative estimate of drug-likeness (QED) is 0.324. The number of hydrogen-bond acceptors (Lipinski definition) is 5. The Kier molecular flexibility index (Phi) is 5.98. The normalized spacial score (nSPS) is 12.5. The molecule has 0 N–H and O–H groups in total. The first-order chi connectivity index (χ1) is 12.1. The average Bonchev–Trinajstić information content (AvgIpc) is 2.55. The summed E-state index contributed by atoms with van der Waals surface area (Å²) < 4.78 is 55.1. The maximum absolute atomic E-state index is 12.7. The van der Waals surface area contributed by atoms with E-state index in [-0.39, 0.29) is 11.8 Å². The van der Waals surface area contributed by atoms with Crippen LogP contribution in [0.4, 0.5) is 18.9 Å². The molecule has 0 heterocycles. The lowest BCUT2D eigenvalue weighted by Crippen LogP contribution is -2.18. The molecule has 2 aromatic carbocycles. The topological polar surface area (TPSA) is 86.5 Å². The second-order valence-corrected chi connectivity index (χ2v) is 6.71. The van der Waals surface area contributed by atoms with Gasteiger partial charge in [-0.05, 0) is 36.4 Å². The lowest BCUT2D eigenvalue weighted by molar-refractivity contribution is -0.388. The summed E-state index contributed by atoms with van der Waals surface area (Å²) in [6.07, 6.45) is -4.79. The van der Waals surface area contributed by atoms with Crippen molar-refractivity contribution in [3.63, 3.8) is 0 Å². The van der Waals surface area contributed by atoms with Crippen molar-refractivity contribution in [1.29, 1.82) is 0 Å². The van der Waals surface area contributed by atoms with Crippen LogP contribution in [0.15, 0.2) is 47.4 Å². The molecule has 0 radical (unpaired) electrons. The summed E-state index contributed by atoms with van der Waals surface area (Å²) in [7, 11) is -2.27. The van der Waals surface area contributed by atoms with Gasteiger partial charge in [0.25, 0.3) is 5.69 Å². The minimum Gasteiger partial charge on any atom is -0.426 e. The van der Waals surface area contributed by atoms with E-state index < -0.39 is 49.8 Å². The van der Waals surface area contributed by atoms with E-state index in [0.29, 0.717) is 17.2 Å². The predicted octanol–water partition coefficient (Wildman–Crippen LogP) is 3.98. The second-order valence-electron chi connectivity index (χ2n) is 4.86. The average molecular weight is 408 g/mol. The molecule has 11 heteroatoms. The van der Waals surface area contributed by atoms with Crippen LogP contribution in [0.2, 0.25) is 5.02 Å². The molecule has 0 aliphatic carbocycles. The highest BCUT2D eigenvalue weighted by Crippen LogP contribution is 2.34. The molecule has 0 amide bonds. The van der Waals surface area contributed by atoms with Gasteiger partial charge in [0.05, 0.1) is 21.3 Å². The Morgan fingerprint density at radius 3 is 2.35 bits per heavy atom. The highest BCUT2D eigenvalue weighted by molar-refractivity contribution is 7.85. The minimum absolute atomic E-state index is 0.110. The van der Waals surface area contributed by atoms with E-state index in [0.717, 1.165) is 0 Å². The maximum Gasteiger partial charge on any atom is 0.416 e. The van der Waals surface area contributed by atoms with E-state index >= 15 is 0 Å². The third-order valence-electron chi connectivity index (χ3n) is 3.02. The molecule has 2 rings (SSSR count). The molecule has 0 aliphatic heterocycles. The van der Waals surface area contributed by atoms with Crippen LogP contribution in [-0.2, 0) is 21.8 Å². The van der Waals surface area contributed by atoms with Gasteiger partial charge in [0.2, 0.25) is 0 Å². The Morgan fingerprint density at radius 1 is 1.19 bits per heavy atom. The number of carbonyl (C=O) groups is 1. The van der Waals surface area contributed by atoms with Crippen LogP contribution in [-0.4, -0.2) is 20.9 Å². The Bertz CT molecular complexity index is 871. The number of ether oxygens (including phenoxy) is 1. The summed E-state index contributed by atoms with van der Waals surface area (Å²) in [6.45, 7) is 0. The number of carbonyl (C=O) groups excluding carboxylic acids is 1. The van der Waals surface area contributed by atoms with E-state index in [2.05, 4.69) is 0 Å². The summed E-state index contributed by atoms with van der Waals surface area (Å²) in [5, 5.41) is 11.4. The van der Waals surface area contributed by atoms with Gasteiger partial charge >= 0.3 is 12.1 Å². The number of rotatable bonds is 5. The summed E-state index contributed by atoms with van der Waals surface area (Å²) in [5.74, 6) is -1.63. The number of hydrogen-bond donors (Lipinski definition) is 0. The number of alkyl halides is 3. The third kappa shape index (κ3) is 5.02. The number of esters is 1. The van der Waals surface area contributed by atoms with Crippen LogP contribution >= 0.6 is 11.6 Å². The summed E-state index contributed by atoms with van der Waals surface area (Å²) >= 11 is 5.67. The lowest BCUT2D eigenvalue weighted by atomic mass is 10.2. The zero-order chi connectivity index (χ0) is 19.5. The van der Waals surface area contributed by atoms with Crippen LogP contribution < -0.4 is 4.74 Å². The van der Waals surface area contributed by atoms with E-state index in [1.807, 2.05) is 0 Å². The number of nitro groups is 1. The largest absolute Gasteiger partial charge is 0.426 e. The molecule has 0 aliphatic rings. The van der Waals surface area contributed by atoms with Crippen molar-refractivity contribution in [1.82, 2.24) is 0 Å². The smallest absolute Gasteiger partial charge is 0.416 e. The fourth-order valence-corrected chi connectivity index (χ4v) is 3.02. The van der Waals surface area contributed by atoms with Crippen molar-refractivity contribution in [2.24, 2.45) is 0 Å². The number of halogens is 4. The molecule has 26 heavy (non-hydrogen) atoms. The minimum atomic E-state index is -4.79. The highest BCUT2D eigenvalue weighted by Gasteiger charge is 2.34. The lowest BCUT2D eigenvalue weighted by Gasteiger charge is -2.09. The molecule has 138 valence electrons. The van der Waals surface area contributed by atoms with Crippen LogP contribution in [0.3, 0.4) is 0 Å². The van der Waals surface area contributed by atoms with Crippen molar-refractivity contribution in [2.75, 3.05) is 5.75 Å². The first kappa shape index (κ1) is 19.9. The molecule has 0 aromatic heterocycles. The number of benzene rings is 2. The van der Waals surface area contributed by atoms with E-state index in [4.69, 9.17) is 16.3 Å². The van der Waals surface area contributed by atoms with Gasteiger partial charge in [0.15, 0.2) is 0 Å². The standard InChI is InChI=1S/C15H9ClF3NO5S/c16-10-2-4-11(5-3-10)25-14(21)8-26(24)13-6-1-9(15(17,18)19)7-12(13)20(22)23/h1-7H,8H2/t26-/m0/s1. The van der Waals surface area contributed by atoms with Gasteiger partial charge in [-0.1, -0.05) is 11.6 Å². The predicted molar refractivity (Wildman–Crippen MR) is 86.5 cm³/mol. The van der Waals surface area contributed by atoms with Crippen molar-refractivity contribution in [2.45, 2.75) is 11.1 Å². The van der Waals surface area contributed by atoms with Gasteiger partial charge in [-0.25, -0.2) is 0 Å². The monoisotopic (exact) mass is 407 g/mol. The van der Waals surface area contributed by atoms with Crippen LogP contribution in [0.25, 0.3) is 0 Å². The van der Waals surface area contributed by atoms with E-state index in [9.17, 15) is 32.3 Å². The summed E-state index contributed by atoms with van der Waals surface area (Å²) in [4.78, 5) is 21.2. The molecule has 6 nitrogen and oxygen atoms in total. The van der Waals surface area contributed by atoms with Gasteiger partial charge in [0, 0.05) is 11.1 Å². The van der Waals surface area contributed by atoms with Crippen molar-refractivity contribution in [3.8, 4) is 5.75 Å². The molecular formula is C15H9ClF3NO5S. The van der Waals surface area contributed by atoms with Crippen molar-refractivity contribution < 1.29 is 31.8 Å². The molecule has 0 unspecified atom stereocenters. The molecule has 0 spiro atoms. The molecule has 0 saturated carbocycles. The molecule has 0 fully saturated rings. The number of nitrogens with zero attached hydrogens (tertiary/aromatic N) is 1. The Hall–Kier alpha value is -2.46. The third-order valence-corrected chi connectivity index (χ3v) is 4.61. The fourth-order valence-electron chi connectivity index (χ4n) is 1.88. The van der Waals surface area contributed by atoms with Crippen LogP contribution in [0.5, 0.6) is 5.75 Å². The summed E-state index contributed by atoms with van der Waals surface area (Å²) in [5.41, 5.74) is -2.24. The zero-order valence-corrected chi connectivity index (χ0v) is 14.2. The molecule has 0 bridgehead atoms. The van der Waals surface area contributed by atoms with Gasteiger partial charge in [-0.2, -0.15) is 13.2 Å². The number of nitro benzene ring substituents is 1. The van der Waals surface area contributed by atoms with E-state index in [1.165, 1.54) is 24.3 Å². The molecule has 1 atom stereocenters. The Morgan fingerprint density at radius 2 is 1.81 bits per heavy atom. The zero-order valence-electron chi connectivity index (χ0n) is 12.7. The SMILES string of the molecule is O=C(C[S@](=O)c1ccc(C(F)(F)F)cc1[N+](=O)[O-])Oc1ccc(Cl)cc1. The van der Waals surface area contributed by atoms with Crippen LogP contribution in [0, 0.1) is 10.1 Å². The van der Waals surface area contributed by atoms with Gasteiger partial charge in [-0.15, -0.1) is 0 Å². The highest BCUT2D eigenvalue weighted by atomic mass is 35.5. The van der Waals surface area contributed by atoms with Crippen LogP contribution in [0.1, 0.15) is 5.56 Å². The molecular weight excluding hydrogens is 399 g/mol. The Balaban J connectivity index is 2.19. The fraction of sp³-hybridized carbons (Fsp3) is 0.133. The second kappa shape index (κ2) is 7.83. The Labute approximate surface area is 152 Å². The maximum atomic E-state index is 12.7. The molecule has 0 saturated heterocycles. The first-order valence-electron chi connectivity index (χ1n) is 6.78. The molecule has 2 aromatic rings. The van der Waals surface area contributed by atoms with Gasteiger partial charge in [-0.3, -0.25) is 19.1 Å².